The zero-order chi connectivity index (χ0) is 31.4. The predicted octanol–water partition coefficient (Wildman–Crippen LogP) is 3.65. The molecule has 0 radical (unpaired) electrons. The number of benzene rings is 1. The fourth-order valence-corrected chi connectivity index (χ4v) is 5.55. The number of carbonyl (C=O) groups excluding carboxylic acids is 2. The molecule has 1 aromatic heterocycles. The molecule has 232 valence electrons. The number of primary amides is 1. The van der Waals surface area contributed by atoms with Crippen molar-refractivity contribution in [1.82, 2.24) is 20.5 Å². The number of aromatic nitrogens is 1. The number of nitrogens with two attached hydrogens (primary N) is 1. The minimum atomic E-state index is -4.93. The Morgan fingerprint density at radius 1 is 1.25 bits per heavy atom. The van der Waals surface area contributed by atoms with Crippen molar-refractivity contribution in [2.75, 3.05) is 26.9 Å². The van der Waals surface area contributed by atoms with Gasteiger partial charge in [0.15, 0.2) is 6.17 Å². The highest BCUT2D eigenvalue weighted by Gasteiger charge is 2.50. The monoisotopic (exact) mass is 617 g/mol. The number of halogens is 5. The fourth-order valence-electron chi connectivity index (χ4n) is 5.55. The average Bonchev–Trinajstić information content (AvgIpc) is 3.63. The van der Waals surface area contributed by atoms with E-state index >= 15 is 0 Å². The Morgan fingerprint density at radius 2 is 1.98 bits per heavy atom. The molecule has 3 aliphatic heterocycles. The minimum Gasteiger partial charge on any atom is -0.497 e. The minimum absolute atomic E-state index is 0.0709. The van der Waals surface area contributed by atoms with E-state index in [2.05, 4.69) is 15.6 Å². The van der Waals surface area contributed by atoms with E-state index in [1.165, 1.54) is 31.5 Å². The van der Waals surface area contributed by atoms with Crippen molar-refractivity contribution in [3.63, 3.8) is 0 Å². The lowest BCUT2D eigenvalue weighted by Gasteiger charge is -2.28. The molecular formula is C30H28F5N5O4. The summed E-state index contributed by atoms with van der Waals surface area (Å²) < 4.78 is 82.8. The van der Waals surface area contributed by atoms with Crippen LogP contribution in [0.3, 0.4) is 0 Å². The van der Waals surface area contributed by atoms with E-state index in [-0.39, 0.29) is 34.3 Å². The molecule has 4 N–H and O–H groups in total. The van der Waals surface area contributed by atoms with Gasteiger partial charge in [-0.1, -0.05) is 0 Å². The number of fused-ring (bicyclic) bond motifs is 2. The Balaban J connectivity index is 1.34. The third kappa shape index (κ3) is 5.11. The summed E-state index contributed by atoms with van der Waals surface area (Å²) in [6, 6.07) is 5.64. The second-order valence-electron chi connectivity index (χ2n) is 11.1. The summed E-state index contributed by atoms with van der Waals surface area (Å²) in [5.74, 6) is -4.22. The topological polar surface area (TPSA) is 119 Å². The van der Waals surface area contributed by atoms with Crippen molar-refractivity contribution in [2.45, 2.75) is 36.5 Å². The number of alkyl halides is 4. The Morgan fingerprint density at radius 3 is 2.59 bits per heavy atom. The van der Waals surface area contributed by atoms with Crippen LogP contribution in [-0.4, -0.2) is 61.0 Å². The van der Waals surface area contributed by atoms with Crippen LogP contribution < -0.4 is 21.1 Å². The number of methoxy groups -OCH3 is 1. The highest BCUT2D eigenvalue weighted by atomic mass is 19.4. The Labute approximate surface area is 248 Å². The molecule has 9 nitrogen and oxygen atoms in total. The first-order valence-electron chi connectivity index (χ1n) is 13.8. The van der Waals surface area contributed by atoms with Gasteiger partial charge in [-0.15, -0.1) is 0 Å². The fraction of sp³-hybridized carbons (Fsp3) is 0.367. The number of hydrogen-bond acceptors (Lipinski definition) is 7. The van der Waals surface area contributed by atoms with E-state index in [4.69, 9.17) is 15.2 Å². The third-order valence-electron chi connectivity index (χ3n) is 8.27. The number of allylic oxidation sites excluding steroid dienone is 1. The number of carbonyl (C=O) groups is 2. The van der Waals surface area contributed by atoms with Crippen LogP contribution in [0.2, 0.25) is 0 Å². The van der Waals surface area contributed by atoms with Gasteiger partial charge in [-0.2, -0.15) is 13.2 Å². The van der Waals surface area contributed by atoms with Crippen molar-refractivity contribution < 1.29 is 41.0 Å². The summed E-state index contributed by atoms with van der Waals surface area (Å²) in [4.78, 5) is 31.5. The Bertz CT molecular complexity index is 1600. The zero-order valence-electron chi connectivity index (χ0n) is 23.4. The number of amides is 2. The van der Waals surface area contributed by atoms with Crippen molar-refractivity contribution >= 4 is 11.8 Å². The van der Waals surface area contributed by atoms with Crippen molar-refractivity contribution in [1.29, 1.82) is 0 Å². The molecule has 6 rings (SSSR count). The molecule has 4 aliphatic rings. The van der Waals surface area contributed by atoms with Crippen LogP contribution in [0.5, 0.6) is 5.75 Å². The number of nitrogens with zero attached hydrogens (tertiary/aromatic N) is 2. The number of rotatable bonds is 9. The molecule has 1 fully saturated rings. The van der Waals surface area contributed by atoms with Crippen LogP contribution in [0.1, 0.15) is 30.0 Å². The lowest BCUT2D eigenvalue weighted by Crippen LogP contribution is -2.45. The summed E-state index contributed by atoms with van der Waals surface area (Å²) in [7, 11) is 1.44. The van der Waals surface area contributed by atoms with Crippen LogP contribution >= 0.6 is 0 Å². The van der Waals surface area contributed by atoms with Gasteiger partial charge in [0, 0.05) is 41.7 Å². The van der Waals surface area contributed by atoms with Gasteiger partial charge in [0.05, 0.1) is 18.4 Å². The van der Waals surface area contributed by atoms with Gasteiger partial charge < -0.3 is 30.7 Å². The first kappa shape index (κ1) is 29.5. The van der Waals surface area contributed by atoms with E-state index in [9.17, 15) is 31.5 Å². The number of hydrogen-bond donors (Lipinski definition) is 3. The van der Waals surface area contributed by atoms with Crippen LogP contribution in [0.25, 0.3) is 11.3 Å². The van der Waals surface area contributed by atoms with Gasteiger partial charge in [0.1, 0.15) is 47.6 Å². The zero-order valence-corrected chi connectivity index (χ0v) is 23.4. The largest absolute Gasteiger partial charge is 0.497 e. The molecule has 1 aromatic carbocycles. The molecule has 4 heterocycles. The molecule has 44 heavy (non-hydrogen) atoms. The quantitative estimate of drug-likeness (QED) is 0.368. The van der Waals surface area contributed by atoms with Crippen molar-refractivity contribution in [2.24, 2.45) is 11.7 Å². The van der Waals surface area contributed by atoms with E-state index in [0.717, 1.165) is 36.7 Å². The molecule has 0 bridgehead atoms. The number of nitrogens with one attached hydrogen (secondary N) is 2. The molecule has 14 heteroatoms. The smallest absolute Gasteiger partial charge is 0.398 e. The van der Waals surface area contributed by atoms with Gasteiger partial charge in [-0.25, -0.2) is 13.8 Å². The van der Waals surface area contributed by atoms with E-state index in [1.807, 2.05) is 6.20 Å². The van der Waals surface area contributed by atoms with Gasteiger partial charge >= 0.3 is 6.18 Å². The average molecular weight is 618 g/mol. The molecule has 1 unspecified atom stereocenters. The molecule has 0 spiro atoms. The van der Waals surface area contributed by atoms with Crippen LogP contribution in [0, 0.1) is 11.7 Å². The van der Waals surface area contributed by atoms with Gasteiger partial charge in [-0.05, 0) is 49.2 Å². The molecule has 2 aromatic rings. The maximum absolute atomic E-state index is 14.6. The summed E-state index contributed by atoms with van der Waals surface area (Å²) in [6.07, 6.45) is 1.61. The lowest BCUT2D eigenvalue weighted by atomic mass is 9.81. The highest BCUT2D eigenvalue weighted by Crippen LogP contribution is 2.47. The normalized spacial score (nSPS) is 22.9. The summed E-state index contributed by atoms with van der Waals surface area (Å²) >= 11 is 0. The Kier molecular flexibility index (Phi) is 7.25. The lowest BCUT2D eigenvalue weighted by molar-refractivity contribution is -0.151. The SMILES string of the molecule is COC1=CC(C(=O)NC[C@H](c2cc3c(c(-c4ccc(F)cc4)n2)OC[C@@]3(CF)C(N)=O)C(F)(F)F)=CN2C=C(C3CC3)NC12. The molecular weight excluding hydrogens is 589 g/mol. The maximum atomic E-state index is 14.6. The van der Waals surface area contributed by atoms with Crippen LogP contribution in [0.15, 0.2) is 65.8 Å². The molecule has 1 aliphatic carbocycles. The summed E-state index contributed by atoms with van der Waals surface area (Å²) in [5.41, 5.74) is 3.73. The Hall–Kier alpha value is -4.62. The van der Waals surface area contributed by atoms with E-state index < -0.39 is 60.7 Å². The van der Waals surface area contributed by atoms with Gasteiger partial charge in [0.2, 0.25) is 5.91 Å². The van der Waals surface area contributed by atoms with Crippen LogP contribution in [0.4, 0.5) is 22.0 Å². The standard InChI is InChI=1S/C30H28F5N5O4/c1-43-23-8-17(11-40-12-22(15-2-3-15)39-26(23)40)27(41)37-10-20(30(33,34)35)21-9-19-25(44-14-29(19,13-31)28(36)42)24(38-21)16-4-6-18(32)7-5-16/h4-9,11-12,15,20,26,39H,2-3,10,13-14H2,1H3,(H2,36,42)(H,37,41)/t20-,26?,29-/m1/s1. The predicted molar refractivity (Wildman–Crippen MR) is 147 cm³/mol. The van der Waals surface area contributed by atoms with E-state index in [0.29, 0.717) is 11.7 Å². The van der Waals surface area contributed by atoms with E-state index in [1.54, 1.807) is 4.90 Å². The molecule has 2 amide bonds. The third-order valence-corrected chi connectivity index (χ3v) is 8.27. The number of ether oxygens (including phenoxy) is 2. The van der Waals surface area contributed by atoms with Crippen LogP contribution in [-0.2, 0) is 19.7 Å². The number of pyridine rings is 1. The molecule has 3 atom stereocenters. The van der Waals surface area contributed by atoms with Crippen molar-refractivity contribution in [3.05, 3.63) is 82.9 Å². The first-order chi connectivity index (χ1) is 20.9. The second kappa shape index (κ2) is 10.8. The van der Waals surface area contributed by atoms with Gasteiger partial charge in [0.25, 0.3) is 5.91 Å². The van der Waals surface area contributed by atoms with Crippen molar-refractivity contribution in [3.8, 4) is 17.0 Å². The van der Waals surface area contributed by atoms with Gasteiger partial charge in [-0.3, -0.25) is 9.59 Å². The molecule has 0 saturated heterocycles. The first-order valence-corrected chi connectivity index (χ1v) is 13.8. The summed E-state index contributed by atoms with van der Waals surface area (Å²) in [5, 5.41) is 5.68. The maximum Gasteiger partial charge on any atom is 0.398 e. The molecule has 1 saturated carbocycles. The highest BCUT2D eigenvalue weighted by molar-refractivity contribution is 5.96. The summed E-state index contributed by atoms with van der Waals surface area (Å²) in [6.45, 7) is -2.82. The second-order valence-corrected chi connectivity index (χ2v) is 11.1.